The van der Waals surface area contributed by atoms with Crippen molar-refractivity contribution in [2.75, 3.05) is 0 Å². The van der Waals surface area contributed by atoms with Crippen LogP contribution in [0.3, 0.4) is 0 Å². The highest BCUT2D eigenvalue weighted by Gasteiger charge is 2.21. The molecular weight excluding hydrogens is 275 g/mol. The van der Waals surface area contributed by atoms with Crippen LogP contribution in [0.5, 0.6) is 5.88 Å². The summed E-state index contributed by atoms with van der Waals surface area (Å²) < 4.78 is 15.0. The van der Waals surface area contributed by atoms with Gasteiger partial charge in [-0.25, -0.2) is 9.18 Å². The molecule has 2 rings (SSSR count). The third-order valence-electron chi connectivity index (χ3n) is 3.57. The van der Waals surface area contributed by atoms with Crippen molar-refractivity contribution in [3.05, 3.63) is 50.9 Å². The predicted molar refractivity (Wildman–Crippen MR) is 78.0 cm³/mol. The SMILES string of the molecule is CCC(CC)n1c(O)c(-c2ccccc2F)c(=O)[nH]c1=O. The first-order valence-corrected chi connectivity index (χ1v) is 6.83. The van der Waals surface area contributed by atoms with E-state index in [0.29, 0.717) is 12.8 Å². The lowest BCUT2D eigenvalue weighted by molar-refractivity contribution is 0.351. The monoisotopic (exact) mass is 292 g/mol. The van der Waals surface area contributed by atoms with Gasteiger partial charge in [-0.2, -0.15) is 0 Å². The van der Waals surface area contributed by atoms with Crippen molar-refractivity contribution in [2.24, 2.45) is 0 Å². The van der Waals surface area contributed by atoms with Gasteiger partial charge >= 0.3 is 5.69 Å². The molecule has 0 radical (unpaired) electrons. The summed E-state index contributed by atoms with van der Waals surface area (Å²) in [5, 5.41) is 10.3. The fourth-order valence-corrected chi connectivity index (χ4v) is 2.44. The lowest BCUT2D eigenvalue weighted by Gasteiger charge is -2.19. The van der Waals surface area contributed by atoms with E-state index in [0.717, 1.165) is 4.57 Å². The zero-order valence-corrected chi connectivity index (χ0v) is 11.9. The van der Waals surface area contributed by atoms with Crippen LogP contribution in [0.1, 0.15) is 32.7 Å². The van der Waals surface area contributed by atoms with E-state index in [1.165, 1.54) is 18.2 Å². The number of nitrogens with zero attached hydrogens (tertiary/aromatic N) is 1. The number of nitrogens with one attached hydrogen (secondary N) is 1. The number of rotatable bonds is 4. The topological polar surface area (TPSA) is 75.1 Å². The summed E-state index contributed by atoms with van der Waals surface area (Å²) >= 11 is 0. The van der Waals surface area contributed by atoms with Crippen LogP contribution in [0.4, 0.5) is 4.39 Å². The number of hydrogen-bond acceptors (Lipinski definition) is 3. The van der Waals surface area contributed by atoms with Crippen LogP contribution in [0.25, 0.3) is 11.1 Å². The lowest BCUT2D eigenvalue weighted by Crippen LogP contribution is -2.33. The molecule has 0 fully saturated rings. The van der Waals surface area contributed by atoms with Gasteiger partial charge in [0, 0.05) is 11.6 Å². The lowest BCUT2D eigenvalue weighted by atomic mass is 10.1. The number of aromatic nitrogens is 2. The molecule has 0 unspecified atom stereocenters. The number of aromatic hydroxyl groups is 1. The van der Waals surface area contributed by atoms with Gasteiger partial charge in [0.1, 0.15) is 11.4 Å². The van der Waals surface area contributed by atoms with E-state index in [2.05, 4.69) is 4.98 Å². The minimum atomic E-state index is -0.801. The Morgan fingerprint density at radius 1 is 1.24 bits per heavy atom. The number of aromatic amines is 1. The third kappa shape index (κ3) is 2.61. The quantitative estimate of drug-likeness (QED) is 0.908. The highest BCUT2D eigenvalue weighted by Crippen LogP contribution is 2.29. The molecule has 2 aromatic rings. The van der Waals surface area contributed by atoms with Gasteiger partial charge in [-0.1, -0.05) is 32.0 Å². The zero-order valence-electron chi connectivity index (χ0n) is 11.9. The molecule has 0 saturated heterocycles. The van der Waals surface area contributed by atoms with Crippen molar-refractivity contribution in [3.8, 4) is 17.0 Å². The minimum absolute atomic E-state index is 0.0315. The molecule has 6 heteroatoms. The normalized spacial score (nSPS) is 11.0. The Bertz CT molecular complexity index is 760. The molecule has 0 aliphatic carbocycles. The molecule has 5 nitrogen and oxygen atoms in total. The van der Waals surface area contributed by atoms with E-state index < -0.39 is 22.9 Å². The third-order valence-corrected chi connectivity index (χ3v) is 3.57. The molecule has 0 spiro atoms. The predicted octanol–water partition coefficient (Wildman–Crippen LogP) is 2.41. The first-order valence-electron chi connectivity index (χ1n) is 6.83. The zero-order chi connectivity index (χ0) is 15.6. The van der Waals surface area contributed by atoms with Crippen molar-refractivity contribution >= 4 is 0 Å². The second kappa shape index (κ2) is 5.95. The first-order chi connectivity index (χ1) is 10.0. The van der Waals surface area contributed by atoms with Crippen LogP contribution in [0.15, 0.2) is 33.9 Å². The molecule has 1 aromatic carbocycles. The number of halogens is 1. The highest BCUT2D eigenvalue weighted by molar-refractivity contribution is 5.67. The van der Waals surface area contributed by atoms with Crippen LogP contribution < -0.4 is 11.2 Å². The molecule has 0 aliphatic heterocycles. The molecule has 0 amide bonds. The molecule has 1 heterocycles. The van der Waals surface area contributed by atoms with Crippen LogP contribution in [0.2, 0.25) is 0 Å². The summed E-state index contributed by atoms with van der Waals surface area (Å²) in [6.45, 7) is 3.74. The fraction of sp³-hybridized carbons (Fsp3) is 0.333. The van der Waals surface area contributed by atoms with Crippen LogP contribution in [-0.4, -0.2) is 14.7 Å². The Balaban J connectivity index is 2.80. The van der Waals surface area contributed by atoms with Crippen molar-refractivity contribution in [1.29, 1.82) is 0 Å². The molecule has 0 aliphatic rings. The van der Waals surface area contributed by atoms with Gasteiger partial charge in [-0.3, -0.25) is 14.3 Å². The van der Waals surface area contributed by atoms with Crippen molar-refractivity contribution < 1.29 is 9.50 Å². The van der Waals surface area contributed by atoms with E-state index in [4.69, 9.17) is 0 Å². The molecular formula is C15H17FN2O3. The summed E-state index contributed by atoms with van der Waals surface area (Å²) in [6, 6.07) is 5.37. The maximum atomic E-state index is 13.9. The number of benzene rings is 1. The van der Waals surface area contributed by atoms with Gasteiger partial charge < -0.3 is 5.11 Å². The minimum Gasteiger partial charge on any atom is -0.494 e. The van der Waals surface area contributed by atoms with E-state index >= 15 is 0 Å². The molecule has 112 valence electrons. The summed E-state index contributed by atoms with van der Waals surface area (Å²) in [5.74, 6) is -1.13. The Morgan fingerprint density at radius 3 is 2.43 bits per heavy atom. The van der Waals surface area contributed by atoms with Crippen molar-refractivity contribution in [3.63, 3.8) is 0 Å². The van der Waals surface area contributed by atoms with E-state index in [9.17, 15) is 19.1 Å². The standard InChI is InChI=1S/C15H17FN2O3/c1-3-9(4-2)18-14(20)12(13(19)17-15(18)21)10-7-5-6-8-11(10)16/h5-9,20H,3-4H2,1-2H3,(H,17,19,21). The smallest absolute Gasteiger partial charge is 0.331 e. The highest BCUT2D eigenvalue weighted by atomic mass is 19.1. The van der Waals surface area contributed by atoms with Gasteiger partial charge in [0.05, 0.1) is 0 Å². The summed E-state index contributed by atoms with van der Waals surface area (Å²) in [7, 11) is 0. The van der Waals surface area contributed by atoms with Gasteiger partial charge in [0.25, 0.3) is 5.56 Å². The number of hydrogen-bond donors (Lipinski definition) is 2. The van der Waals surface area contributed by atoms with E-state index in [1.54, 1.807) is 6.07 Å². The van der Waals surface area contributed by atoms with E-state index in [-0.39, 0.29) is 17.2 Å². The second-order valence-corrected chi connectivity index (χ2v) is 4.78. The maximum Gasteiger partial charge on any atom is 0.331 e. The van der Waals surface area contributed by atoms with Crippen molar-refractivity contribution in [1.82, 2.24) is 9.55 Å². The fourth-order valence-electron chi connectivity index (χ4n) is 2.44. The molecule has 1 aromatic heterocycles. The van der Waals surface area contributed by atoms with Gasteiger partial charge in [0.15, 0.2) is 0 Å². The van der Waals surface area contributed by atoms with Crippen molar-refractivity contribution in [2.45, 2.75) is 32.7 Å². The average molecular weight is 292 g/mol. The van der Waals surface area contributed by atoms with E-state index in [1.807, 2.05) is 13.8 Å². The van der Waals surface area contributed by atoms with Gasteiger partial charge in [-0.05, 0) is 18.9 Å². The van der Waals surface area contributed by atoms with Crippen LogP contribution >= 0.6 is 0 Å². The largest absolute Gasteiger partial charge is 0.494 e. The van der Waals surface area contributed by atoms with Gasteiger partial charge in [-0.15, -0.1) is 0 Å². The molecule has 0 bridgehead atoms. The molecule has 21 heavy (non-hydrogen) atoms. The summed E-state index contributed by atoms with van der Waals surface area (Å²) in [6.07, 6.45) is 1.21. The second-order valence-electron chi connectivity index (χ2n) is 4.78. The summed E-state index contributed by atoms with van der Waals surface area (Å²) in [5.41, 5.74) is -1.74. The average Bonchev–Trinajstić information content (AvgIpc) is 2.45. The van der Waals surface area contributed by atoms with Gasteiger partial charge in [0.2, 0.25) is 5.88 Å². The Labute approximate surface area is 120 Å². The maximum absolute atomic E-state index is 13.9. The van der Waals surface area contributed by atoms with Crippen LogP contribution in [-0.2, 0) is 0 Å². The first kappa shape index (κ1) is 15.0. The Hall–Kier alpha value is -2.37. The summed E-state index contributed by atoms with van der Waals surface area (Å²) in [4.78, 5) is 26.1. The molecule has 2 N–H and O–H groups in total. The van der Waals surface area contributed by atoms with Crippen LogP contribution in [0, 0.1) is 5.82 Å². The Kier molecular flexibility index (Phi) is 4.26. The molecule has 0 atom stereocenters. The number of H-pyrrole nitrogens is 1. The molecule has 0 saturated carbocycles. The Morgan fingerprint density at radius 2 is 1.86 bits per heavy atom.